The molecule has 1 aliphatic heterocycles. The maximum Gasteiger partial charge on any atom is 0.186 e. The zero-order chi connectivity index (χ0) is 15.0. The van der Waals surface area contributed by atoms with E-state index in [0.29, 0.717) is 30.6 Å². The molecule has 0 saturated carbocycles. The van der Waals surface area contributed by atoms with Gasteiger partial charge in [0.05, 0.1) is 9.95 Å². The fraction of sp³-hybridized carbons (Fsp3) is 0.0714. The number of hydrogen-bond donors (Lipinski definition) is 1. The zero-order valence-electron chi connectivity index (χ0n) is 10.5. The quantitative estimate of drug-likeness (QED) is 0.782. The molecule has 0 radical (unpaired) electrons. The van der Waals surface area contributed by atoms with Gasteiger partial charge < -0.3 is 0 Å². The standard InChI is InChI=1S/C14H8Cl2N2OS2/c15-8-2-1-7(9(16)6-8)5-10-12(19)11(13(17)21-10)14-18-3-4-20-14/h1-6,11,17H/b10-5-,17-13?/t11-/m1/s1. The van der Waals surface area contributed by atoms with Crippen LogP contribution in [0.25, 0.3) is 6.08 Å². The van der Waals surface area contributed by atoms with Gasteiger partial charge in [-0.1, -0.05) is 41.0 Å². The van der Waals surface area contributed by atoms with E-state index in [9.17, 15) is 4.79 Å². The minimum absolute atomic E-state index is 0.106. The minimum Gasteiger partial charge on any atom is -0.297 e. The third-order valence-electron chi connectivity index (χ3n) is 2.93. The number of nitrogens with zero attached hydrogens (tertiary/aromatic N) is 1. The Morgan fingerprint density at radius 2 is 2.14 bits per heavy atom. The molecule has 1 aromatic carbocycles. The lowest BCUT2D eigenvalue weighted by molar-refractivity contribution is -0.114. The highest BCUT2D eigenvalue weighted by Gasteiger charge is 2.38. The summed E-state index contributed by atoms with van der Waals surface area (Å²) in [6.45, 7) is 0. The van der Waals surface area contributed by atoms with Crippen molar-refractivity contribution in [1.82, 2.24) is 4.98 Å². The zero-order valence-corrected chi connectivity index (χ0v) is 13.6. The molecule has 1 fully saturated rings. The van der Waals surface area contributed by atoms with Crippen molar-refractivity contribution >= 4 is 63.2 Å². The van der Waals surface area contributed by atoms with Crippen LogP contribution in [-0.4, -0.2) is 15.8 Å². The summed E-state index contributed by atoms with van der Waals surface area (Å²) in [6, 6.07) is 5.10. The fourth-order valence-electron chi connectivity index (χ4n) is 1.95. The molecule has 3 nitrogen and oxygen atoms in total. The van der Waals surface area contributed by atoms with Crippen molar-refractivity contribution in [2.45, 2.75) is 5.92 Å². The Morgan fingerprint density at radius 1 is 1.33 bits per heavy atom. The van der Waals surface area contributed by atoms with E-state index >= 15 is 0 Å². The van der Waals surface area contributed by atoms with E-state index in [2.05, 4.69) is 4.98 Å². The SMILES string of the molecule is N=C1S/C(=C\c2ccc(Cl)cc2Cl)C(=O)[C@H]1c1nccs1. The fourth-order valence-corrected chi connectivity index (χ4v) is 4.21. The molecule has 21 heavy (non-hydrogen) atoms. The first kappa shape index (κ1) is 14.8. The lowest BCUT2D eigenvalue weighted by Gasteiger charge is -2.02. The highest BCUT2D eigenvalue weighted by molar-refractivity contribution is 8.19. The van der Waals surface area contributed by atoms with Crippen LogP contribution in [0, 0.1) is 5.41 Å². The second kappa shape index (κ2) is 5.93. The number of aromatic nitrogens is 1. The lowest BCUT2D eigenvalue weighted by Crippen LogP contribution is -2.11. The molecule has 2 aromatic rings. The number of nitrogens with one attached hydrogen (secondary N) is 1. The number of thioether (sulfide) groups is 1. The Bertz CT molecular complexity index is 756. The van der Waals surface area contributed by atoms with Crippen LogP contribution in [0.5, 0.6) is 0 Å². The molecule has 0 spiro atoms. The van der Waals surface area contributed by atoms with Crippen LogP contribution in [-0.2, 0) is 4.79 Å². The van der Waals surface area contributed by atoms with E-state index in [-0.39, 0.29) is 5.78 Å². The minimum atomic E-state index is -0.577. The summed E-state index contributed by atoms with van der Waals surface area (Å²) < 4.78 is 0. The Kier molecular flexibility index (Phi) is 4.17. The van der Waals surface area contributed by atoms with Gasteiger partial charge >= 0.3 is 0 Å². The number of allylic oxidation sites excluding steroid dienone is 1. The first-order valence-electron chi connectivity index (χ1n) is 5.93. The van der Waals surface area contributed by atoms with E-state index in [4.69, 9.17) is 28.6 Å². The van der Waals surface area contributed by atoms with Crippen LogP contribution in [0.4, 0.5) is 0 Å². The molecule has 0 aliphatic carbocycles. The molecule has 1 aliphatic rings. The average Bonchev–Trinajstić information content (AvgIpc) is 3.02. The molecule has 0 bridgehead atoms. The molecular weight excluding hydrogens is 347 g/mol. The largest absolute Gasteiger partial charge is 0.297 e. The molecule has 3 rings (SSSR count). The van der Waals surface area contributed by atoms with Gasteiger partial charge in [-0.25, -0.2) is 4.98 Å². The van der Waals surface area contributed by atoms with Gasteiger partial charge in [0.25, 0.3) is 0 Å². The van der Waals surface area contributed by atoms with Crippen molar-refractivity contribution in [2.24, 2.45) is 0 Å². The average molecular weight is 355 g/mol. The number of thiazole rings is 1. The molecule has 7 heteroatoms. The van der Waals surface area contributed by atoms with E-state index in [1.807, 2.05) is 0 Å². The smallest absolute Gasteiger partial charge is 0.186 e. The van der Waals surface area contributed by atoms with Gasteiger partial charge in [0.1, 0.15) is 10.9 Å². The number of halogens is 2. The van der Waals surface area contributed by atoms with Gasteiger partial charge in [0, 0.05) is 21.6 Å². The van der Waals surface area contributed by atoms with Crippen molar-refractivity contribution < 1.29 is 4.79 Å². The summed E-state index contributed by atoms with van der Waals surface area (Å²) in [4.78, 5) is 17.1. The summed E-state index contributed by atoms with van der Waals surface area (Å²) in [5.41, 5.74) is 0.713. The van der Waals surface area contributed by atoms with Crippen molar-refractivity contribution in [3.05, 3.63) is 55.3 Å². The van der Waals surface area contributed by atoms with Crippen LogP contribution in [0.1, 0.15) is 16.5 Å². The summed E-state index contributed by atoms with van der Waals surface area (Å²) in [7, 11) is 0. The molecule has 0 unspecified atom stereocenters. The number of rotatable bonds is 2. The van der Waals surface area contributed by atoms with Gasteiger partial charge in [0.15, 0.2) is 5.78 Å². The van der Waals surface area contributed by atoms with Gasteiger partial charge in [-0.15, -0.1) is 11.3 Å². The number of benzene rings is 1. The second-order valence-corrected chi connectivity index (χ2v) is 7.16. The Balaban J connectivity index is 1.95. The molecular formula is C14H8Cl2N2OS2. The maximum atomic E-state index is 12.5. The highest BCUT2D eigenvalue weighted by Crippen LogP contribution is 2.41. The summed E-state index contributed by atoms with van der Waals surface area (Å²) >= 11 is 14.5. The summed E-state index contributed by atoms with van der Waals surface area (Å²) in [5, 5.41) is 11.8. The number of ketones is 1. The van der Waals surface area contributed by atoms with Crippen molar-refractivity contribution in [1.29, 1.82) is 5.41 Å². The van der Waals surface area contributed by atoms with Crippen molar-refractivity contribution in [2.75, 3.05) is 0 Å². The van der Waals surface area contributed by atoms with Crippen LogP contribution >= 0.6 is 46.3 Å². The first-order valence-corrected chi connectivity index (χ1v) is 8.38. The predicted molar refractivity (Wildman–Crippen MR) is 89.6 cm³/mol. The van der Waals surface area contributed by atoms with Gasteiger partial charge in [-0.2, -0.15) is 0 Å². The third-order valence-corrected chi connectivity index (χ3v) is 5.33. The van der Waals surface area contributed by atoms with Crippen LogP contribution in [0.3, 0.4) is 0 Å². The molecule has 2 heterocycles. The van der Waals surface area contributed by atoms with E-state index < -0.39 is 5.92 Å². The van der Waals surface area contributed by atoms with Gasteiger partial charge in [-0.3, -0.25) is 10.2 Å². The summed E-state index contributed by atoms with van der Waals surface area (Å²) in [5.74, 6) is -0.682. The van der Waals surface area contributed by atoms with Gasteiger partial charge in [-0.05, 0) is 23.8 Å². The molecule has 0 amide bonds. The normalized spacial score (nSPS) is 20.5. The molecule has 106 valence electrons. The van der Waals surface area contributed by atoms with Crippen LogP contribution in [0.2, 0.25) is 10.0 Å². The number of Topliss-reactive ketones (excluding diaryl/α,β-unsaturated/α-hetero) is 1. The maximum absolute atomic E-state index is 12.5. The van der Waals surface area contributed by atoms with Gasteiger partial charge in [0.2, 0.25) is 0 Å². The number of carbonyl (C=O) groups excluding carboxylic acids is 1. The Morgan fingerprint density at radius 3 is 2.81 bits per heavy atom. The first-order chi connectivity index (χ1) is 10.1. The molecule has 1 aromatic heterocycles. The summed E-state index contributed by atoms with van der Waals surface area (Å²) in [6.07, 6.45) is 3.34. The highest BCUT2D eigenvalue weighted by atomic mass is 35.5. The predicted octanol–water partition coefficient (Wildman–Crippen LogP) is 4.87. The number of hydrogen-bond acceptors (Lipinski definition) is 5. The third kappa shape index (κ3) is 2.92. The van der Waals surface area contributed by atoms with Crippen molar-refractivity contribution in [3.63, 3.8) is 0 Å². The Hall–Kier alpha value is -1.14. The lowest BCUT2D eigenvalue weighted by atomic mass is 10.1. The van der Waals surface area contributed by atoms with Crippen LogP contribution < -0.4 is 0 Å². The monoisotopic (exact) mass is 354 g/mol. The van der Waals surface area contributed by atoms with Crippen molar-refractivity contribution in [3.8, 4) is 0 Å². The molecule has 1 atom stereocenters. The van der Waals surface area contributed by atoms with E-state index in [0.717, 1.165) is 11.8 Å². The number of carbonyl (C=O) groups is 1. The van der Waals surface area contributed by atoms with E-state index in [1.165, 1.54) is 11.3 Å². The van der Waals surface area contributed by atoms with E-state index in [1.54, 1.807) is 35.9 Å². The second-order valence-electron chi connectivity index (χ2n) is 4.31. The topological polar surface area (TPSA) is 53.8 Å². The molecule has 1 N–H and O–H groups in total. The molecule has 1 saturated heterocycles. The Labute approximate surface area is 139 Å². The van der Waals surface area contributed by atoms with Crippen LogP contribution in [0.15, 0.2) is 34.7 Å².